The molecule has 0 saturated heterocycles. The van der Waals surface area contributed by atoms with Gasteiger partial charge < -0.3 is 5.11 Å². The van der Waals surface area contributed by atoms with Gasteiger partial charge in [0.05, 0.1) is 6.42 Å². The highest BCUT2D eigenvalue weighted by molar-refractivity contribution is 9.09. The molecule has 0 aliphatic carbocycles. The average Bonchev–Trinajstić information content (AvgIpc) is 2.18. The number of carboxylic acids is 1. The van der Waals surface area contributed by atoms with Crippen molar-refractivity contribution in [2.75, 3.05) is 5.33 Å². The van der Waals surface area contributed by atoms with Crippen LogP contribution in [0.2, 0.25) is 0 Å². The molecule has 0 amide bonds. The van der Waals surface area contributed by atoms with Crippen LogP contribution in [-0.2, 0) is 11.2 Å². The molecule has 0 aromatic heterocycles. The number of halogens is 2. The first kappa shape index (κ1) is 11.9. The molecule has 0 aliphatic rings. The van der Waals surface area contributed by atoms with Crippen molar-refractivity contribution in [2.24, 2.45) is 0 Å². The lowest BCUT2D eigenvalue weighted by molar-refractivity contribution is -0.136. The van der Waals surface area contributed by atoms with Gasteiger partial charge in [0.15, 0.2) is 0 Å². The summed E-state index contributed by atoms with van der Waals surface area (Å²) in [4.78, 5) is 10.5. The Bertz CT molecular complexity index is 388. The van der Waals surface area contributed by atoms with Crippen LogP contribution in [0, 0.1) is 5.82 Å². The Morgan fingerprint density at radius 2 is 2.27 bits per heavy atom. The van der Waals surface area contributed by atoms with Crippen molar-refractivity contribution in [3.63, 3.8) is 0 Å². The summed E-state index contributed by atoms with van der Waals surface area (Å²) in [5.74, 6) is -1.51. The second kappa shape index (κ2) is 5.66. The molecule has 0 bridgehead atoms. The van der Waals surface area contributed by atoms with Crippen molar-refractivity contribution in [2.45, 2.75) is 6.42 Å². The van der Waals surface area contributed by atoms with Gasteiger partial charge in [-0.3, -0.25) is 4.79 Å². The normalized spacial score (nSPS) is 10.8. The van der Waals surface area contributed by atoms with Gasteiger partial charge in [-0.05, 0) is 23.3 Å². The zero-order valence-corrected chi connectivity index (χ0v) is 9.50. The zero-order valence-electron chi connectivity index (χ0n) is 7.91. The number of allylic oxidation sites excluding steroid dienone is 1. The second-order valence-corrected chi connectivity index (χ2v) is 3.63. The van der Waals surface area contributed by atoms with Crippen LogP contribution < -0.4 is 0 Å². The number of carbonyl (C=O) groups is 1. The monoisotopic (exact) mass is 272 g/mol. The maximum atomic E-state index is 13.2. The van der Waals surface area contributed by atoms with Gasteiger partial charge in [-0.25, -0.2) is 4.39 Å². The van der Waals surface area contributed by atoms with Crippen LogP contribution in [0.5, 0.6) is 0 Å². The summed E-state index contributed by atoms with van der Waals surface area (Å²) >= 11 is 3.23. The molecule has 0 unspecified atom stereocenters. The van der Waals surface area contributed by atoms with Gasteiger partial charge in [0.2, 0.25) is 0 Å². The maximum Gasteiger partial charge on any atom is 0.307 e. The van der Waals surface area contributed by atoms with E-state index in [1.807, 2.05) is 6.08 Å². The summed E-state index contributed by atoms with van der Waals surface area (Å²) in [6, 6.07) is 4.44. The lowest BCUT2D eigenvalue weighted by atomic mass is 10.1. The minimum absolute atomic E-state index is 0.208. The van der Waals surface area contributed by atoms with E-state index in [0.29, 0.717) is 5.33 Å². The third-order valence-electron chi connectivity index (χ3n) is 1.81. The first-order valence-corrected chi connectivity index (χ1v) is 5.48. The van der Waals surface area contributed by atoms with E-state index in [4.69, 9.17) is 5.11 Å². The highest BCUT2D eigenvalue weighted by atomic mass is 79.9. The molecule has 80 valence electrons. The number of hydrogen-bond acceptors (Lipinski definition) is 1. The van der Waals surface area contributed by atoms with Gasteiger partial charge in [0.25, 0.3) is 0 Å². The van der Waals surface area contributed by atoms with Crippen LogP contribution in [0.4, 0.5) is 4.39 Å². The molecule has 0 atom stereocenters. The van der Waals surface area contributed by atoms with E-state index in [1.165, 1.54) is 6.07 Å². The van der Waals surface area contributed by atoms with Crippen molar-refractivity contribution >= 4 is 28.0 Å². The van der Waals surface area contributed by atoms with Gasteiger partial charge in [-0.15, -0.1) is 0 Å². The lowest BCUT2D eigenvalue weighted by Gasteiger charge is -2.01. The number of alkyl halides is 1. The third-order valence-corrected chi connectivity index (χ3v) is 2.18. The van der Waals surface area contributed by atoms with E-state index in [0.717, 1.165) is 5.56 Å². The SMILES string of the molecule is O=C(O)Cc1cc(C=CCBr)ccc1F. The van der Waals surface area contributed by atoms with E-state index in [9.17, 15) is 9.18 Å². The summed E-state index contributed by atoms with van der Waals surface area (Å²) in [7, 11) is 0. The van der Waals surface area contributed by atoms with Crippen molar-refractivity contribution in [1.29, 1.82) is 0 Å². The Labute approximate surface area is 95.6 Å². The minimum Gasteiger partial charge on any atom is -0.481 e. The van der Waals surface area contributed by atoms with E-state index >= 15 is 0 Å². The second-order valence-electron chi connectivity index (χ2n) is 2.98. The fraction of sp³-hybridized carbons (Fsp3) is 0.182. The zero-order chi connectivity index (χ0) is 11.3. The molecule has 0 heterocycles. The molecule has 0 aliphatic heterocycles. The summed E-state index contributed by atoms with van der Waals surface area (Å²) in [5.41, 5.74) is 1.01. The van der Waals surface area contributed by atoms with E-state index in [2.05, 4.69) is 15.9 Å². The quantitative estimate of drug-likeness (QED) is 0.856. The summed E-state index contributed by atoms with van der Waals surface area (Å²) in [6.45, 7) is 0. The Morgan fingerprint density at radius 1 is 1.53 bits per heavy atom. The molecule has 0 radical (unpaired) electrons. The summed E-state index contributed by atoms with van der Waals surface area (Å²) < 4.78 is 13.2. The van der Waals surface area contributed by atoms with Crippen LogP contribution in [0.3, 0.4) is 0 Å². The molecule has 0 saturated carbocycles. The van der Waals surface area contributed by atoms with Gasteiger partial charge in [-0.2, -0.15) is 0 Å². The Morgan fingerprint density at radius 3 is 2.87 bits per heavy atom. The van der Waals surface area contributed by atoms with E-state index in [1.54, 1.807) is 18.2 Å². The van der Waals surface area contributed by atoms with Crippen LogP contribution in [-0.4, -0.2) is 16.4 Å². The van der Waals surface area contributed by atoms with Crippen LogP contribution in [0.15, 0.2) is 24.3 Å². The largest absolute Gasteiger partial charge is 0.481 e. The van der Waals surface area contributed by atoms with E-state index < -0.39 is 11.8 Å². The maximum absolute atomic E-state index is 13.2. The van der Waals surface area contributed by atoms with Crippen molar-refractivity contribution in [3.8, 4) is 0 Å². The number of rotatable bonds is 4. The van der Waals surface area contributed by atoms with Crippen molar-refractivity contribution < 1.29 is 14.3 Å². The molecule has 1 aromatic carbocycles. The smallest absolute Gasteiger partial charge is 0.307 e. The van der Waals surface area contributed by atoms with Crippen LogP contribution in [0.1, 0.15) is 11.1 Å². The predicted octanol–water partition coefficient (Wildman–Crippen LogP) is 2.86. The fourth-order valence-electron chi connectivity index (χ4n) is 1.18. The Kier molecular flexibility index (Phi) is 4.49. The molecule has 4 heteroatoms. The summed E-state index contributed by atoms with van der Waals surface area (Å²) in [6.07, 6.45) is 3.37. The Balaban J connectivity index is 2.94. The van der Waals surface area contributed by atoms with Crippen molar-refractivity contribution in [1.82, 2.24) is 0 Å². The molecule has 2 nitrogen and oxygen atoms in total. The van der Waals surface area contributed by atoms with Gasteiger partial charge in [0, 0.05) is 5.33 Å². The number of hydrogen-bond donors (Lipinski definition) is 1. The number of benzene rings is 1. The minimum atomic E-state index is -1.03. The van der Waals surface area contributed by atoms with Crippen LogP contribution >= 0.6 is 15.9 Å². The molecule has 15 heavy (non-hydrogen) atoms. The van der Waals surface area contributed by atoms with Crippen LogP contribution in [0.25, 0.3) is 6.08 Å². The molecule has 0 spiro atoms. The molecule has 1 rings (SSSR count). The number of aliphatic carboxylic acids is 1. The standard InChI is InChI=1S/C11H10BrFO2/c12-5-1-2-8-3-4-10(13)9(6-8)7-11(14)15/h1-4,6H,5,7H2,(H,14,15). The molecule has 0 fully saturated rings. The first-order valence-electron chi connectivity index (χ1n) is 4.36. The first-order chi connectivity index (χ1) is 7.13. The predicted molar refractivity (Wildman–Crippen MR) is 60.6 cm³/mol. The lowest BCUT2D eigenvalue weighted by Crippen LogP contribution is -2.02. The summed E-state index contributed by atoms with van der Waals surface area (Å²) in [5, 5.41) is 9.27. The van der Waals surface area contributed by atoms with Gasteiger partial charge >= 0.3 is 5.97 Å². The molecular formula is C11H10BrFO2. The van der Waals surface area contributed by atoms with Crippen molar-refractivity contribution in [3.05, 3.63) is 41.2 Å². The van der Waals surface area contributed by atoms with Gasteiger partial charge in [0.1, 0.15) is 5.82 Å². The fourth-order valence-corrected chi connectivity index (χ4v) is 1.36. The van der Waals surface area contributed by atoms with Gasteiger partial charge in [-0.1, -0.05) is 34.1 Å². The van der Waals surface area contributed by atoms with E-state index in [-0.39, 0.29) is 12.0 Å². The Hall–Kier alpha value is -1.16. The molecule has 1 N–H and O–H groups in total. The average molecular weight is 273 g/mol. The number of carboxylic acid groups (broad SMARTS) is 1. The highest BCUT2D eigenvalue weighted by Gasteiger charge is 2.06. The highest BCUT2D eigenvalue weighted by Crippen LogP contribution is 2.12. The third kappa shape index (κ3) is 3.83. The topological polar surface area (TPSA) is 37.3 Å². The molecule has 1 aromatic rings. The molecular weight excluding hydrogens is 263 g/mol.